The van der Waals surface area contributed by atoms with Gasteiger partial charge in [0, 0.05) is 17.3 Å². The smallest absolute Gasteiger partial charge is 0.0407 e. The molecule has 2 nitrogen and oxygen atoms in total. The normalized spacial score (nSPS) is 21.3. The van der Waals surface area contributed by atoms with E-state index in [9.17, 15) is 0 Å². The van der Waals surface area contributed by atoms with Crippen molar-refractivity contribution in [3.63, 3.8) is 0 Å². The van der Waals surface area contributed by atoms with Gasteiger partial charge < -0.3 is 10.6 Å². The van der Waals surface area contributed by atoms with Crippen molar-refractivity contribution in [1.29, 1.82) is 0 Å². The molecule has 0 spiro atoms. The van der Waals surface area contributed by atoms with Crippen LogP contribution in [0.3, 0.4) is 0 Å². The summed E-state index contributed by atoms with van der Waals surface area (Å²) < 4.78 is 0. The molecule has 1 aliphatic heterocycles. The van der Waals surface area contributed by atoms with Crippen LogP contribution in [0.15, 0.2) is 24.3 Å². The molecule has 0 bridgehead atoms. The molecule has 3 heteroatoms. The maximum Gasteiger partial charge on any atom is 0.0407 e. The van der Waals surface area contributed by atoms with Gasteiger partial charge in [0.2, 0.25) is 0 Å². The van der Waals surface area contributed by atoms with Crippen molar-refractivity contribution in [1.82, 2.24) is 5.32 Å². The molecule has 1 aliphatic rings. The molecule has 0 unspecified atom stereocenters. The molecule has 2 rings (SSSR count). The van der Waals surface area contributed by atoms with Crippen LogP contribution in [0.5, 0.6) is 0 Å². The first-order valence-electron chi connectivity index (χ1n) is 5.55. The van der Waals surface area contributed by atoms with Crippen molar-refractivity contribution in [2.45, 2.75) is 12.8 Å². The molecule has 15 heavy (non-hydrogen) atoms. The van der Waals surface area contributed by atoms with Crippen LogP contribution in [0.1, 0.15) is 12.8 Å². The Hall–Kier alpha value is -0.730. The second kappa shape index (κ2) is 5.38. The number of benzene rings is 1. The molecule has 0 radical (unpaired) electrons. The van der Waals surface area contributed by atoms with E-state index in [-0.39, 0.29) is 0 Å². The zero-order valence-electron chi connectivity index (χ0n) is 8.80. The van der Waals surface area contributed by atoms with Crippen LogP contribution in [0.4, 0.5) is 5.69 Å². The summed E-state index contributed by atoms with van der Waals surface area (Å²) >= 11 is 5.82. The lowest BCUT2D eigenvalue weighted by molar-refractivity contribution is 0.393. The molecule has 0 saturated carbocycles. The van der Waals surface area contributed by atoms with Crippen molar-refractivity contribution >= 4 is 17.3 Å². The fourth-order valence-corrected chi connectivity index (χ4v) is 2.05. The van der Waals surface area contributed by atoms with Crippen molar-refractivity contribution in [2.75, 3.05) is 25.0 Å². The lowest BCUT2D eigenvalue weighted by Crippen LogP contribution is -2.33. The Kier molecular flexibility index (Phi) is 3.87. The van der Waals surface area contributed by atoms with Crippen molar-refractivity contribution in [3.05, 3.63) is 29.3 Å². The maximum absolute atomic E-state index is 5.82. The predicted octanol–water partition coefficient (Wildman–Crippen LogP) is 2.75. The third-order valence-electron chi connectivity index (χ3n) is 2.84. The highest BCUT2D eigenvalue weighted by molar-refractivity contribution is 6.30. The fraction of sp³-hybridized carbons (Fsp3) is 0.500. The van der Waals surface area contributed by atoms with Gasteiger partial charge in [0.1, 0.15) is 0 Å². The summed E-state index contributed by atoms with van der Waals surface area (Å²) in [7, 11) is 0. The lowest BCUT2D eigenvalue weighted by atomic mass is 10.00. The minimum absolute atomic E-state index is 0.759. The minimum Gasteiger partial charge on any atom is -0.385 e. The van der Waals surface area contributed by atoms with Crippen LogP contribution in [0.2, 0.25) is 5.02 Å². The summed E-state index contributed by atoms with van der Waals surface area (Å²) in [5.74, 6) is 0.759. The van der Waals surface area contributed by atoms with Crippen LogP contribution in [0.25, 0.3) is 0 Å². The Morgan fingerprint density at radius 2 is 2.13 bits per heavy atom. The molecular formula is C12H17ClN2. The molecule has 82 valence electrons. The zero-order valence-corrected chi connectivity index (χ0v) is 9.56. The average molecular weight is 225 g/mol. The van der Waals surface area contributed by atoms with Gasteiger partial charge in [-0.15, -0.1) is 0 Å². The third kappa shape index (κ3) is 3.40. The Bertz CT molecular complexity index is 291. The Labute approximate surface area is 96.0 Å². The van der Waals surface area contributed by atoms with Gasteiger partial charge >= 0.3 is 0 Å². The van der Waals surface area contributed by atoms with E-state index < -0.39 is 0 Å². The van der Waals surface area contributed by atoms with Crippen LogP contribution < -0.4 is 10.6 Å². The molecule has 1 fully saturated rings. The summed E-state index contributed by atoms with van der Waals surface area (Å²) in [6.45, 7) is 3.37. The van der Waals surface area contributed by atoms with E-state index in [0.717, 1.165) is 29.7 Å². The highest BCUT2D eigenvalue weighted by Gasteiger charge is 2.11. The quantitative estimate of drug-likeness (QED) is 0.825. The number of hydrogen-bond acceptors (Lipinski definition) is 2. The SMILES string of the molecule is Clc1ccc(NC[C@H]2CCCNC2)cc1. The largest absolute Gasteiger partial charge is 0.385 e. The Morgan fingerprint density at radius 3 is 2.80 bits per heavy atom. The van der Waals surface area contributed by atoms with Crippen molar-refractivity contribution in [2.24, 2.45) is 5.92 Å². The molecule has 1 aromatic carbocycles. The van der Waals surface area contributed by atoms with Gasteiger partial charge in [0.15, 0.2) is 0 Å². The highest BCUT2D eigenvalue weighted by atomic mass is 35.5. The number of anilines is 1. The number of rotatable bonds is 3. The lowest BCUT2D eigenvalue weighted by Gasteiger charge is -2.23. The summed E-state index contributed by atoms with van der Waals surface area (Å²) in [5, 5.41) is 7.65. The monoisotopic (exact) mass is 224 g/mol. The first kappa shape index (κ1) is 10.8. The number of nitrogens with one attached hydrogen (secondary N) is 2. The summed E-state index contributed by atoms with van der Waals surface area (Å²) in [6.07, 6.45) is 2.63. The van der Waals surface area contributed by atoms with E-state index in [1.807, 2.05) is 24.3 Å². The predicted molar refractivity (Wildman–Crippen MR) is 65.5 cm³/mol. The molecule has 0 aliphatic carbocycles. The topological polar surface area (TPSA) is 24.1 Å². The molecule has 2 N–H and O–H groups in total. The van der Waals surface area contributed by atoms with Crippen LogP contribution in [-0.2, 0) is 0 Å². The summed E-state index contributed by atoms with van der Waals surface area (Å²) in [6, 6.07) is 7.89. The Morgan fingerprint density at radius 1 is 1.33 bits per heavy atom. The third-order valence-corrected chi connectivity index (χ3v) is 3.09. The first-order valence-corrected chi connectivity index (χ1v) is 5.92. The van der Waals surface area contributed by atoms with E-state index in [0.29, 0.717) is 0 Å². The minimum atomic E-state index is 0.759. The maximum atomic E-state index is 5.82. The van der Waals surface area contributed by atoms with Crippen LogP contribution >= 0.6 is 11.6 Å². The highest BCUT2D eigenvalue weighted by Crippen LogP contribution is 2.15. The van der Waals surface area contributed by atoms with Gasteiger partial charge in [0.25, 0.3) is 0 Å². The molecular weight excluding hydrogens is 208 g/mol. The zero-order chi connectivity index (χ0) is 10.5. The van der Waals surface area contributed by atoms with Crippen LogP contribution in [0, 0.1) is 5.92 Å². The molecule has 0 amide bonds. The van der Waals surface area contributed by atoms with Gasteiger partial charge in [-0.2, -0.15) is 0 Å². The van der Waals surface area contributed by atoms with E-state index >= 15 is 0 Å². The van der Waals surface area contributed by atoms with E-state index in [1.165, 1.54) is 19.4 Å². The van der Waals surface area contributed by atoms with Gasteiger partial charge in [-0.05, 0) is 56.1 Å². The van der Waals surface area contributed by atoms with E-state index in [2.05, 4.69) is 10.6 Å². The van der Waals surface area contributed by atoms with E-state index in [4.69, 9.17) is 11.6 Å². The summed E-state index contributed by atoms with van der Waals surface area (Å²) in [5.41, 5.74) is 1.16. The van der Waals surface area contributed by atoms with Crippen molar-refractivity contribution < 1.29 is 0 Å². The van der Waals surface area contributed by atoms with Gasteiger partial charge in [-0.3, -0.25) is 0 Å². The Balaban J connectivity index is 1.79. The second-order valence-corrected chi connectivity index (χ2v) is 4.54. The summed E-state index contributed by atoms with van der Waals surface area (Å²) in [4.78, 5) is 0. The molecule has 1 saturated heterocycles. The molecule has 1 atom stereocenters. The van der Waals surface area contributed by atoms with E-state index in [1.54, 1.807) is 0 Å². The molecule has 0 aromatic heterocycles. The second-order valence-electron chi connectivity index (χ2n) is 4.10. The van der Waals surface area contributed by atoms with Crippen molar-refractivity contribution in [3.8, 4) is 0 Å². The van der Waals surface area contributed by atoms with Gasteiger partial charge in [-0.25, -0.2) is 0 Å². The molecule has 1 heterocycles. The van der Waals surface area contributed by atoms with Crippen LogP contribution in [-0.4, -0.2) is 19.6 Å². The number of hydrogen-bond donors (Lipinski definition) is 2. The standard InChI is InChI=1S/C12H17ClN2/c13-11-3-5-12(6-4-11)15-9-10-2-1-7-14-8-10/h3-6,10,14-15H,1-2,7-9H2/t10-/m0/s1. The first-order chi connectivity index (χ1) is 7.34. The van der Waals surface area contributed by atoms with Gasteiger partial charge in [0.05, 0.1) is 0 Å². The number of halogens is 1. The number of piperidine rings is 1. The van der Waals surface area contributed by atoms with Gasteiger partial charge in [-0.1, -0.05) is 11.6 Å². The fourth-order valence-electron chi connectivity index (χ4n) is 1.93. The average Bonchev–Trinajstić information content (AvgIpc) is 2.30. The molecule has 1 aromatic rings.